The van der Waals surface area contributed by atoms with Crippen molar-refractivity contribution in [3.63, 3.8) is 0 Å². The number of methoxy groups -OCH3 is 1. The highest BCUT2D eigenvalue weighted by atomic mass is 16.5. The van der Waals surface area contributed by atoms with Crippen LogP contribution in [-0.2, 0) is 9.53 Å². The summed E-state index contributed by atoms with van der Waals surface area (Å²) in [6.07, 6.45) is 8.14. The Morgan fingerprint density at radius 3 is 2.19 bits per heavy atom. The Balaban J connectivity index is 2.52. The standard InChI is InChI=1S/C23H36O4/c1-5-6-8-12-21(23(25)26-4)22(24)19-13-15-20(16-14-19)27-17-10-7-9-11-18(2)3/h13-16,18,21H,5-12,17H2,1-4H3. The van der Waals surface area contributed by atoms with E-state index in [0.717, 1.165) is 37.4 Å². The van der Waals surface area contributed by atoms with Crippen molar-refractivity contribution < 1.29 is 19.1 Å². The Kier molecular flexibility index (Phi) is 11.5. The molecule has 0 aliphatic rings. The lowest BCUT2D eigenvalue weighted by atomic mass is 9.92. The fourth-order valence-electron chi connectivity index (χ4n) is 3.03. The van der Waals surface area contributed by atoms with Crippen LogP contribution in [0.5, 0.6) is 5.75 Å². The average molecular weight is 377 g/mol. The van der Waals surface area contributed by atoms with Gasteiger partial charge in [-0.1, -0.05) is 59.3 Å². The van der Waals surface area contributed by atoms with Gasteiger partial charge >= 0.3 is 5.97 Å². The van der Waals surface area contributed by atoms with E-state index < -0.39 is 11.9 Å². The van der Waals surface area contributed by atoms with Crippen LogP contribution in [0.25, 0.3) is 0 Å². The Bertz CT molecular complexity index is 548. The third-order valence-corrected chi connectivity index (χ3v) is 4.73. The van der Waals surface area contributed by atoms with Crippen LogP contribution in [0.3, 0.4) is 0 Å². The molecule has 0 heterocycles. The zero-order valence-corrected chi connectivity index (χ0v) is 17.5. The van der Waals surface area contributed by atoms with E-state index in [2.05, 4.69) is 20.8 Å². The van der Waals surface area contributed by atoms with Crippen LogP contribution in [0, 0.1) is 11.8 Å². The molecule has 0 saturated heterocycles. The van der Waals surface area contributed by atoms with Crippen molar-refractivity contribution in [3.8, 4) is 5.75 Å². The van der Waals surface area contributed by atoms with Crippen LogP contribution in [0.15, 0.2) is 24.3 Å². The first-order valence-electron chi connectivity index (χ1n) is 10.3. The molecule has 152 valence electrons. The molecule has 0 aliphatic carbocycles. The van der Waals surface area contributed by atoms with E-state index >= 15 is 0 Å². The van der Waals surface area contributed by atoms with Crippen molar-refractivity contribution in [2.24, 2.45) is 11.8 Å². The van der Waals surface area contributed by atoms with E-state index in [0.29, 0.717) is 18.6 Å². The maximum absolute atomic E-state index is 12.7. The van der Waals surface area contributed by atoms with Gasteiger partial charge in [-0.2, -0.15) is 0 Å². The lowest BCUT2D eigenvalue weighted by molar-refractivity contribution is -0.143. The molecule has 1 unspecified atom stereocenters. The molecule has 0 spiro atoms. The number of ketones is 1. The number of hydrogen-bond acceptors (Lipinski definition) is 4. The average Bonchev–Trinajstić information content (AvgIpc) is 2.67. The Morgan fingerprint density at radius 1 is 0.926 bits per heavy atom. The molecule has 0 amide bonds. The molecular weight excluding hydrogens is 340 g/mol. The molecule has 0 aliphatic heterocycles. The van der Waals surface area contributed by atoms with Crippen molar-refractivity contribution >= 4 is 11.8 Å². The molecular formula is C23H36O4. The van der Waals surface area contributed by atoms with Gasteiger partial charge in [-0.15, -0.1) is 0 Å². The minimum atomic E-state index is -0.714. The number of Topliss-reactive ketones (excluding diaryl/α,β-unsaturated/α-hetero) is 1. The van der Waals surface area contributed by atoms with Crippen LogP contribution in [-0.4, -0.2) is 25.5 Å². The van der Waals surface area contributed by atoms with Gasteiger partial charge in [-0.05, 0) is 43.0 Å². The number of carbonyl (C=O) groups is 2. The van der Waals surface area contributed by atoms with E-state index in [4.69, 9.17) is 9.47 Å². The van der Waals surface area contributed by atoms with Crippen molar-refractivity contribution in [3.05, 3.63) is 29.8 Å². The molecule has 0 aromatic heterocycles. The van der Waals surface area contributed by atoms with E-state index in [1.807, 2.05) is 12.1 Å². The van der Waals surface area contributed by atoms with Crippen LogP contribution in [0.2, 0.25) is 0 Å². The summed E-state index contributed by atoms with van der Waals surface area (Å²) >= 11 is 0. The van der Waals surface area contributed by atoms with Gasteiger partial charge in [0.2, 0.25) is 0 Å². The second kappa shape index (κ2) is 13.3. The summed E-state index contributed by atoms with van der Waals surface area (Å²) in [5, 5.41) is 0. The normalized spacial score (nSPS) is 12.0. The van der Waals surface area contributed by atoms with E-state index in [1.54, 1.807) is 12.1 Å². The van der Waals surface area contributed by atoms with Gasteiger partial charge in [-0.25, -0.2) is 0 Å². The highest BCUT2D eigenvalue weighted by Crippen LogP contribution is 2.20. The van der Waals surface area contributed by atoms with Crippen molar-refractivity contribution in [1.29, 1.82) is 0 Å². The molecule has 1 aromatic rings. The quantitative estimate of drug-likeness (QED) is 0.177. The Hall–Kier alpha value is -1.84. The van der Waals surface area contributed by atoms with Gasteiger partial charge in [0, 0.05) is 5.56 Å². The smallest absolute Gasteiger partial charge is 0.316 e. The highest BCUT2D eigenvalue weighted by Gasteiger charge is 2.27. The van der Waals surface area contributed by atoms with Gasteiger partial charge in [0.15, 0.2) is 5.78 Å². The molecule has 4 nitrogen and oxygen atoms in total. The fourth-order valence-corrected chi connectivity index (χ4v) is 3.03. The van der Waals surface area contributed by atoms with Crippen LogP contribution in [0.4, 0.5) is 0 Å². The van der Waals surface area contributed by atoms with E-state index in [9.17, 15) is 9.59 Å². The number of carbonyl (C=O) groups excluding carboxylic acids is 2. The van der Waals surface area contributed by atoms with Crippen molar-refractivity contribution in [1.82, 2.24) is 0 Å². The second-order valence-corrected chi connectivity index (χ2v) is 7.55. The highest BCUT2D eigenvalue weighted by molar-refractivity contribution is 6.08. The minimum absolute atomic E-state index is 0.168. The Morgan fingerprint density at radius 2 is 1.59 bits per heavy atom. The third kappa shape index (κ3) is 9.07. The first-order valence-corrected chi connectivity index (χ1v) is 10.3. The summed E-state index contributed by atoms with van der Waals surface area (Å²) < 4.78 is 10.6. The summed E-state index contributed by atoms with van der Waals surface area (Å²) in [4.78, 5) is 24.7. The molecule has 0 radical (unpaired) electrons. The minimum Gasteiger partial charge on any atom is -0.494 e. The summed E-state index contributed by atoms with van der Waals surface area (Å²) in [7, 11) is 1.33. The number of ether oxygens (including phenoxy) is 2. The summed E-state index contributed by atoms with van der Waals surface area (Å²) in [6.45, 7) is 7.27. The molecule has 27 heavy (non-hydrogen) atoms. The van der Waals surface area contributed by atoms with Crippen LogP contribution in [0.1, 0.15) is 82.5 Å². The molecule has 1 rings (SSSR count). The van der Waals surface area contributed by atoms with Gasteiger partial charge in [0.1, 0.15) is 11.7 Å². The number of rotatable bonds is 14. The molecule has 0 N–H and O–H groups in total. The van der Waals surface area contributed by atoms with Gasteiger partial charge < -0.3 is 9.47 Å². The van der Waals surface area contributed by atoms with Crippen LogP contribution >= 0.6 is 0 Å². The van der Waals surface area contributed by atoms with Crippen molar-refractivity contribution in [2.45, 2.75) is 72.1 Å². The van der Waals surface area contributed by atoms with E-state index in [-0.39, 0.29) is 5.78 Å². The predicted octanol–water partition coefficient (Wildman–Crippen LogP) is 5.83. The molecule has 0 bridgehead atoms. The number of unbranched alkanes of at least 4 members (excludes halogenated alkanes) is 4. The molecule has 0 saturated carbocycles. The van der Waals surface area contributed by atoms with Gasteiger partial charge in [0.05, 0.1) is 13.7 Å². The lowest BCUT2D eigenvalue weighted by Gasteiger charge is -2.14. The molecule has 1 atom stereocenters. The first kappa shape index (κ1) is 23.2. The molecule has 4 heteroatoms. The lowest BCUT2D eigenvalue weighted by Crippen LogP contribution is -2.25. The second-order valence-electron chi connectivity index (χ2n) is 7.55. The van der Waals surface area contributed by atoms with Crippen molar-refractivity contribution in [2.75, 3.05) is 13.7 Å². The largest absolute Gasteiger partial charge is 0.494 e. The zero-order valence-electron chi connectivity index (χ0n) is 17.5. The Labute approximate surface area is 164 Å². The summed E-state index contributed by atoms with van der Waals surface area (Å²) in [6, 6.07) is 7.10. The molecule has 0 fully saturated rings. The maximum Gasteiger partial charge on any atom is 0.316 e. The van der Waals surface area contributed by atoms with E-state index in [1.165, 1.54) is 26.4 Å². The third-order valence-electron chi connectivity index (χ3n) is 4.73. The van der Waals surface area contributed by atoms with Gasteiger partial charge in [0.25, 0.3) is 0 Å². The predicted molar refractivity (Wildman–Crippen MR) is 109 cm³/mol. The number of esters is 1. The fraction of sp³-hybridized carbons (Fsp3) is 0.652. The topological polar surface area (TPSA) is 52.6 Å². The number of hydrogen-bond donors (Lipinski definition) is 0. The zero-order chi connectivity index (χ0) is 20.1. The molecule has 1 aromatic carbocycles. The SMILES string of the molecule is CCCCCC(C(=O)OC)C(=O)c1ccc(OCCCCCC(C)C)cc1. The van der Waals surface area contributed by atoms with Crippen LogP contribution < -0.4 is 4.74 Å². The maximum atomic E-state index is 12.7. The van der Waals surface area contributed by atoms with Gasteiger partial charge in [-0.3, -0.25) is 9.59 Å². The summed E-state index contributed by atoms with van der Waals surface area (Å²) in [5.41, 5.74) is 0.534. The monoisotopic (exact) mass is 376 g/mol. The summed E-state index contributed by atoms with van der Waals surface area (Å²) in [5.74, 6) is 0.188. The first-order chi connectivity index (χ1) is 13.0. The number of benzene rings is 1.